The lowest BCUT2D eigenvalue weighted by atomic mass is 9.47. The minimum Gasteiger partial charge on any atom is -0.299 e. The van der Waals surface area contributed by atoms with Crippen molar-refractivity contribution in [2.24, 2.45) is 23.7 Å². The van der Waals surface area contributed by atoms with E-state index in [1.165, 1.54) is 11.1 Å². The van der Waals surface area contributed by atoms with E-state index in [-0.39, 0.29) is 41.2 Å². The average molecular weight is 481 g/mol. The fourth-order valence-electron chi connectivity index (χ4n) is 7.43. The van der Waals surface area contributed by atoms with Crippen LogP contribution in [0.15, 0.2) is 115 Å². The Morgan fingerprint density at radius 3 is 1.43 bits per heavy atom. The molecule has 3 aliphatic rings. The summed E-state index contributed by atoms with van der Waals surface area (Å²) in [6.45, 7) is 2.14. The van der Waals surface area contributed by atoms with Crippen molar-refractivity contribution in [3.63, 3.8) is 0 Å². The van der Waals surface area contributed by atoms with E-state index in [1.54, 1.807) is 0 Å². The molecule has 0 N–H and O–H groups in total. The zero-order chi connectivity index (χ0) is 25.1. The van der Waals surface area contributed by atoms with E-state index >= 15 is 0 Å². The van der Waals surface area contributed by atoms with E-state index in [2.05, 4.69) is 67.6 Å². The summed E-state index contributed by atoms with van der Waals surface area (Å²) in [7, 11) is 0. The first kappa shape index (κ1) is 22.2. The lowest BCUT2D eigenvalue weighted by Crippen LogP contribution is -2.56. The lowest BCUT2D eigenvalue weighted by molar-refractivity contribution is -0.145. The molecule has 0 amide bonds. The van der Waals surface area contributed by atoms with Gasteiger partial charge < -0.3 is 0 Å². The van der Waals surface area contributed by atoms with Crippen molar-refractivity contribution < 1.29 is 9.59 Å². The summed E-state index contributed by atoms with van der Waals surface area (Å²) in [5, 5.41) is 0. The number of allylic oxidation sites excluding steroid dienone is 2. The number of rotatable bonds is 3. The number of carbonyl (C=O) groups is 2. The zero-order valence-corrected chi connectivity index (χ0v) is 20.8. The lowest BCUT2D eigenvalue weighted by Gasteiger charge is -2.53. The molecule has 180 valence electrons. The Kier molecular flexibility index (Phi) is 5.11. The largest absolute Gasteiger partial charge is 0.299 e. The van der Waals surface area contributed by atoms with Gasteiger partial charge in [-0.05, 0) is 44.9 Å². The van der Waals surface area contributed by atoms with Crippen LogP contribution in [0.25, 0.3) is 11.1 Å². The average Bonchev–Trinajstić information content (AvgIpc) is 2.93. The highest BCUT2D eigenvalue weighted by Crippen LogP contribution is 2.62. The molecule has 37 heavy (non-hydrogen) atoms. The Labute approximate surface area is 217 Å². The number of carbonyl (C=O) groups excluding carboxylic acids is 2. The molecule has 4 aromatic rings. The maximum absolute atomic E-state index is 14.7. The van der Waals surface area contributed by atoms with Crippen LogP contribution in [0.2, 0.25) is 0 Å². The number of hydrogen-bond acceptors (Lipinski definition) is 2. The second-order valence-electron chi connectivity index (χ2n) is 10.7. The molecule has 4 aromatic carbocycles. The molecule has 6 atom stereocenters. The van der Waals surface area contributed by atoms with Crippen LogP contribution in [0.3, 0.4) is 0 Å². The van der Waals surface area contributed by atoms with Gasteiger partial charge in [0.05, 0.1) is 11.8 Å². The second kappa shape index (κ2) is 8.52. The Bertz CT molecular complexity index is 1530. The molecule has 0 aromatic heterocycles. The van der Waals surface area contributed by atoms with Gasteiger partial charge in [-0.3, -0.25) is 9.59 Å². The van der Waals surface area contributed by atoms with E-state index in [1.807, 2.05) is 54.6 Å². The minimum absolute atomic E-state index is 0.00337. The van der Waals surface area contributed by atoms with Crippen LogP contribution in [0.5, 0.6) is 0 Å². The smallest absolute Gasteiger partial charge is 0.146 e. The van der Waals surface area contributed by atoms with Crippen molar-refractivity contribution in [3.05, 3.63) is 143 Å². The second-order valence-corrected chi connectivity index (χ2v) is 10.7. The van der Waals surface area contributed by atoms with Crippen molar-refractivity contribution in [2.45, 2.75) is 18.8 Å². The number of ketones is 2. The first-order valence-electron chi connectivity index (χ1n) is 13.2. The van der Waals surface area contributed by atoms with Gasteiger partial charge in [0.1, 0.15) is 11.6 Å². The number of benzene rings is 4. The van der Waals surface area contributed by atoms with Crippen LogP contribution in [0, 0.1) is 23.7 Å². The summed E-state index contributed by atoms with van der Waals surface area (Å²) in [6.07, 6.45) is 0. The zero-order valence-electron chi connectivity index (χ0n) is 20.8. The summed E-state index contributed by atoms with van der Waals surface area (Å²) in [6, 6.07) is 39.1. The van der Waals surface area contributed by atoms with Crippen molar-refractivity contribution in [1.82, 2.24) is 0 Å². The van der Waals surface area contributed by atoms with Gasteiger partial charge in [-0.25, -0.2) is 0 Å². The summed E-state index contributed by atoms with van der Waals surface area (Å²) < 4.78 is 0. The van der Waals surface area contributed by atoms with Gasteiger partial charge in [-0.15, -0.1) is 0 Å². The van der Waals surface area contributed by atoms with Gasteiger partial charge in [0.25, 0.3) is 0 Å². The summed E-state index contributed by atoms with van der Waals surface area (Å²) >= 11 is 0. The molecule has 7 rings (SSSR count). The summed E-state index contributed by atoms with van der Waals surface area (Å²) in [5.41, 5.74) is 7.67. The molecular weight excluding hydrogens is 452 g/mol. The molecule has 0 saturated heterocycles. The van der Waals surface area contributed by atoms with Crippen LogP contribution >= 0.6 is 0 Å². The van der Waals surface area contributed by atoms with Gasteiger partial charge in [0, 0.05) is 17.8 Å². The maximum atomic E-state index is 14.7. The third-order valence-corrected chi connectivity index (χ3v) is 8.95. The molecule has 0 bridgehead atoms. The van der Waals surface area contributed by atoms with E-state index in [0.29, 0.717) is 0 Å². The van der Waals surface area contributed by atoms with Gasteiger partial charge in [0.15, 0.2) is 0 Å². The number of hydrogen-bond donors (Lipinski definition) is 0. The number of Topliss-reactive ketones (excluding diaryl/α,β-unsaturated/α-hetero) is 2. The monoisotopic (exact) mass is 480 g/mol. The molecule has 0 spiro atoms. The van der Waals surface area contributed by atoms with Crippen LogP contribution in [-0.2, 0) is 9.59 Å². The molecule has 0 aliphatic heterocycles. The van der Waals surface area contributed by atoms with Crippen LogP contribution < -0.4 is 0 Å². The topological polar surface area (TPSA) is 34.1 Å². The molecule has 3 aliphatic carbocycles. The van der Waals surface area contributed by atoms with Crippen LogP contribution in [0.4, 0.5) is 0 Å². The normalized spacial score (nSPS) is 28.1. The fraction of sp³-hybridized carbons (Fsp3) is 0.200. The highest BCUT2D eigenvalue weighted by atomic mass is 16.1. The molecular formula is C35H28O2. The molecule has 1 saturated carbocycles. The third kappa shape index (κ3) is 3.18. The molecule has 0 radical (unpaired) electrons. The van der Waals surface area contributed by atoms with Crippen LogP contribution in [-0.4, -0.2) is 11.6 Å². The number of fused-ring (bicyclic) bond motifs is 3. The Hall–Kier alpha value is -4.04. The summed E-state index contributed by atoms with van der Waals surface area (Å²) in [5.74, 6) is -1.13. The Morgan fingerprint density at radius 2 is 0.892 bits per heavy atom. The van der Waals surface area contributed by atoms with Gasteiger partial charge >= 0.3 is 0 Å². The third-order valence-electron chi connectivity index (χ3n) is 8.95. The SMILES string of the molecule is CC1c2ccccc2C(c2ccccc2)C2C(=O)C3C(c4ccccc4)=C(c4ccccc4)C3C(=O)C12. The quantitative estimate of drug-likeness (QED) is 0.311. The Balaban J connectivity index is 1.45. The van der Waals surface area contributed by atoms with Gasteiger partial charge in [0.2, 0.25) is 0 Å². The van der Waals surface area contributed by atoms with E-state index < -0.39 is 5.92 Å². The molecule has 2 nitrogen and oxygen atoms in total. The van der Waals surface area contributed by atoms with Crippen LogP contribution in [0.1, 0.15) is 46.6 Å². The summed E-state index contributed by atoms with van der Waals surface area (Å²) in [4.78, 5) is 29.2. The van der Waals surface area contributed by atoms with Crippen molar-refractivity contribution in [3.8, 4) is 0 Å². The predicted octanol–water partition coefficient (Wildman–Crippen LogP) is 7.18. The highest BCUT2D eigenvalue weighted by Gasteiger charge is 2.62. The van der Waals surface area contributed by atoms with E-state index in [9.17, 15) is 9.59 Å². The van der Waals surface area contributed by atoms with E-state index in [4.69, 9.17) is 0 Å². The van der Waals surface area contributed by atoms with Gasteiger partial charge in [-0.2, -0.15) is 0 Å². The van der Waals surface area contributed by atoms with E-state index in [0.717, 1.165) is 27.8 Å². The highest BCUT2D eigenvalue weighted by molar-refractivity contribution is 6.22. The molecule has 6 unspecified atom stereocenters. The van der Waals surface area contributed by atoms with Crippen molar-refractivity contribution in [2.75, 3.05) is 0 Å². The van der Waals surface area contributed by atoms with Crippen molar-refractivity contribution >= 4 is 22.7 Å². The predicted molar refractivity (Wildman–Crippen MR) is 147 cm³/mol. The standard InChI is InChI=1S/C35H28O2/c1-21-25-19-11-12-20-26(25)28(22-13-5-2-6-14-22)31-27(21)34(36)32-29(23-15-7-3-8-16-23)30(33(32)35(31)37)24-17-9-4-10-18-24/h2-21,27-28,31-33H,1H3. The molecule has 1 fully saturated rings. The first-order valence-corrected chi connectivity index (χ1v) is 13.2. The minimum atomic E-state index is -0.393. The van der Waals surface area contributed by atoms with Gasteiger partial charge in [-0.1, -0.05) is 122 Å². The molecule has 2 heteroatoms. The maximum Gasteiger partial charge on any atom is 0.146 e. The Morgan fingerprint density at radius 1 is 0.459 bits per heavy atom. The first-order chi connectivity index (χ1) is 18.2. The fourth-order valence-corrected chi connectivity index (χ4v) is 7.43. The molecule has 0 heterocycles. The van der Waals surface area contributed by atoms with Crippen molar-refractivity contribution in [1.29, 1.82) is 0 Å².